The van der Waals surface area contributed by atoms with E-state index in [0.717, 1.165) is 11.4 Å². The number of carbonyl (C=O) groups excluding carboxylic acids is 1. The van der Waals surface area contributed by atoms with Crippen LogP contribution in [0.5, 0.6) is 0 Å². The zero-order valence-corrected chi connectivity index (χ0v) is 12.0. The first kappa shape index (κ1) is 14.1. The van der Waals surface area contributed by atoms with Crippen molar-refractivity contribution >= 4 is 11.7 Å². The van der Waals surface area contributed by atoms with Crippen molar-refractivity contribution < 1.29 is 9.53 Å². The second-order valence-corrected chi connectivity index (χ2v) is 4.54. The molecule has 0 spiro atoms. The summed E-state index contributed by atoms with van der Waals surface area (Å²) in [5.74, 6) is -0.293. The molecule has 20 heavy (non-hydrogen) atoms. The SMILES string of the molecule is CCOC(=O)c1ccc(NC(C)c2ccnn2C)cc1. The van der Waals surface area contributed by atoms with Gasteiger partial charge in [-0.15, -0.1) is 0 Å². The third-order valence-corrected chi connectivity index (χ3v) is 3.08. The molecule has 106 valence electrons. The topological polar surface area (TPSA) is 56.1 Å². The van der Waals surface area contributed by atoms with Gasteiger partial charge in [0.05, 0.1) is 23.9 Å². The van der Waals surface area contributed by atoms with Crippen molar-refractivity contribution in [2.75, 3.05) is 11.9 Å². The van der Waals surface area contributed by atoms with Crippen molar-refractivity contribution in [2.45, 2.75) is 19.9 Å². The Morgan fingerprint density at radius 3 is 2.60 bits per heavy atom. The number of nitrogens with one attached hydrogen (secondary N) is 1. The average Bonchev–Trinajstić information content (AvgIpc) is 2.86. The van der Waals surface area contributed by atoms with E-state index >= 15 is 0 Å². The summed E-state index contributed by atoms with van der Waals surface area (Å²) in [6, 6.07) is 9.38. The minimum Gasteiger partial charge on any atom is -0.462 e. The Labute approximate surface area is 118 Å². The second kappa shape index (κ2) is 6.23. The van der Waals surface area contributed by atoms with Gasteiger partial charge in [-0.1, -0.05) is 0 Å². The fourth-order valence-electron chi connectivity index (χ4n) is 2.05. The minimum atomic E-state index is -0.293. The Bertz CT molecular complexity index is 575. The van der Waals surface area contributed by atoms with Gasteiger partial charge in [0.25, 0.3) is 0 Å². The summed E-state index contributed by atoms with van der Waals surface area (Å²) in [4.78, 5) is 11.6. The predicted octanol–water partition coefficient (Wildman–Crippen LogP) is 2.77. The van der Waals surface area contributed by atoms with Crippen LogP contribution in [0.25, 0.3) is 0 Å². The van der Waals surface area contributed by atoms with Gasteiger partial charge in [-0.05, 0) is 44.2 Å². The van der Waals surface area contributed by atoms with E-state index in [1.165, 1.54) is 0 Å². The summed E-state index contributed by atoms with van der Waals surface area (Å²) >= 11 is 0. The highest BCUT2D eigenvalue weighted by Crippen LogP contribution is 2.19. The van der Waals surface area contributed by atoms with Crippen LogP contribution in [0, 0.1) is 0 Å². The largest absolute Gasteiger partial charge is 0.462 e. The lowest BCUT2D eigenvalue weighted by Crippen LogP contribution is -2.11. The first-order valence-electron chi connectivity index (χ1n) is 6.63. The number of carbonyl (C=O) groups is 1. The lowest BCUT2D eigenvalue weighted by atomic mass is 10.2. The average molecular weight is 273 g/mol. The summed E-state index contributed by atoms with van der Waals surface area (Å²) < 4.78 is 6.79. The molecule has 2 rings (SSSR count). The molecule has 0 saturated carbocycles. The fourth-order valence-corrected chi connectivity index (χ4v) is 2.05. The summed E-state index contributed by atoms with van der Waals surface area (Å²) in [6.07, 6.45) is 1.78. The van der Waals surface area contributed by atoms with Crippen LogP contribution in [0.2, 0.25) is 0 Å². The van der Waals surface area contributed by atoms with Crippen LogP contribution >= 0.6 is 0 Å². The van der Waals surface area contributed by atoms with Crippen LogP contribution in [0.1, 0.15) is 35.9 Å². The lowest BCUT2D eigenvalue weighted by Gasteiger charge is -2.15. The van der Waals surface area contributed by atoms with E-state index in [4.69, 9.17) is 4.74 Å². The Kier molecular flexibility index (Phi) is 4.40. The Morgan fingerprint density at radius 2 is 2.05 bits per heavy atom. The van der Waals surface area contributed by atoms with Gasteiger partial charge in [0.1, 0.15) is 0 Å². The molecule has 0 aliphatic carbocycles. The molecule has 0 aliphatic heterocycles. The Hall–Kier alpha value is -2.30. The quantitative estimate of drug-likeness (QED) is 0.851. The molecule has 1 aromatic carbocycles. The van der Waals surface area contributed by atoms with Gasteiger partial charge in [-0.2, -0.15) is 5.10 Å². The summed E-state index contributed by atoms with van der Waals surface area (Å²) in [5.41, 5.74) is 2.61. The first-order chi connectivity index (χ1) is 9.61. The zero-order valence-electron chi connectivity index (χ0n) is 12.0. The maximum Gasteiger partial charge on any atom is 0.338 e. The molecule has 0 fully saturated rings. The molecule has 0 radical (unpaired) electrons. The molecule has 1 aromatic heterocycles. The summed E-state index contributed by atoms with van der Waals surface area (Å²) in [6.45, 7) is 4.25. The molecule has 0 saturated heterocycles. The lowest BCUT2D eigenvalue weighted by molar-refractivity contribution is 0.0526. The highest BCUT2D eigenvalue weighted by molar-refractivity contribution is 5.89. The summed E-state index contributed by atoms with van der Waals surface area (Å²) in [7, 11) is 1.91. The van der Waals surface area contributed by atoms with Crippen LogP contribution in [0.4, 0.5) is 5.69 Å². The summed E-state index contributed by atoms with van der Waals surface area (Å²) in [5, 5.41) is 7.52. The van der Waals surface area contributed by atoms with Crippen LogP contribution < -0.4 is 5.32 Å². The molecule has 1 atom stereocenters. The molecule has 1 unspecified atom stereocenters. The van der Waals surface area contributed by atoms with Gasteiger partial charge in [0.15, 0.2) is 0 Å². The first-order valence-corrected chi connectivity index (χ1v) is 6.63. The zero-order chi connectivity index (χ0) is 14.5. The number of aromatic nitrogens is 2. The third kappa shape index (κ3) is 3.17. The fraction of sp³-hybridized carbons (Fsp3) is 0.333. The molecule has 5 heteroatoms. The van der Waals surface area contributed by atoms with Crippen molar-refractivity contribution in [3.8, 4) is 0 Å². The molecule has 0 aliphatic rings. The van der Waals surface area contributed by atoms with Gasteiger partial charge in [-0.3, -0.25) is 4.68 Å². The maximum atomic E-state index is 11.6. The monoisotopic (exact) mass is 273 g/mol. The van der Waals surface area contributed by atoms with Crippen LogP contribution in [0.15, 0.2) is 36.5 Å². The van der Waals surface area contributed by atoms with Gasteiger partial charge >= 0.3 is 5.97 Å². The van der Waals surface area contributed by atoms with Crippen molar-refractivity contribution in [2.24, 2.45) is 7.05 Å². The molecule has 0 bridgehead atoms. The van der Waals surface area contributed by atoms with Crippen LogP contribution in [0.3, 0.4) is 0 Å². The van der Waals surface area contributed by atoms with Crippen molar-refractivity contribution in [3.05, 3.63) is 47.8 Å². The predicted molar refractivity (Wildman–Crippen MR) is 77.6 cm³/mol. The number of hydrogen-bond acceptors (Lipinski definition) is 4. The number of rotatable bonds is 5. The van der Waals surface area contributed by atoms with E-state index in [-0.39, 0.29) is 12.0 Å². The molecular weight excluding hydrogens is 254 g/mol. The molecular formula is C15H19N3O2. The Morgan fingerprint density at radius 1 is 1.35 bits per heavy atom. The Balaban J connectivity index is 2.04. The number of ether oxygens (including phenoxy) is 1. The van der Waals surface area contributed by atoms with Crippen LogP contribution in [-0.2, 0) is 11.8 Å². The van der Waals surface area contributed by atoms with E-state index in [9.17, 15) is 4.79 Å². The molecule has 1 heterocycles. The van der Waals surface area contributed by atoms with E-state index in [0.29, 0.717) is 12.2 Å². The molecule has 2 aromatic rings. The number of esters is 1. The van der Waals surface area contributed by atoms with Crippen molar-refractivity contribution in [1.29, 1.82) is 0 Å². The highest BCUT2D eigenvalue weighted by Gasteiger charge is 2.10. The number of benzene rings is 1. The van der Waals surface area contributed by atoms with E-state index < -0.39 is 0 Å². The molecule has 0 amide bonds. The van der Waals surface area contributed by atoms with Crippen molar-refractivity contribution in [3.63, 3.8) is 0 Å². The smallest absolute Gasteiger partial charge is 0.338 e. The number of nitrogens with zero attached hydrogens (tertiary/aromatic N) is 2. The normalized spacial score (nSPS) is 11.9. The third-order valence-electron chi connectivity index (χ3n) is 3.08. The van der Waals surface area contributed by atoms with Crippen molar-refractivity contribution in [1.82, 2.24) is 9.78 Å². The minimum absolute atomic E-state index is 0.135. The van der Waals surface area contributed by atoms with Crippen LogP contribution in [-0.4, -0.2) is 22.4 Å². The molecule has 1 N–H and O–H groups in total. The number of hydrogen-bond donors (Lipinski definition) is 1. The van der Waals surface area contributed by atoms with E-state index in [1.807, 2.05) is 29.9 Å². The molecule has 5 nitrogen and oxygen atoms in total. The maximum absolute atomic E-state index is 11.6. The van der Waals surface area contributed by atoms with Gasteiger partial charge in [0.2, 0.25) is 0 Å². The van der Waals surface area contributed by atoms with Gasteiger partial charge in [-0.25, -0.2) is 4.79 Å². The van der Waals surface area contributed by atoms with E-state index in [2.05, 4.69) is 17.3 Å². The second-order valence-electron chi connectivity index (χ2n) is 4.54. The van der Waals surface area contributed by atoms with E-state index in [1.54, 1.807) is 25.3 Å². The standard InChI is InChI=1S/C15H19N3O2/c1-4-20-15(19)12-5-7-13(8-6-12)17-11(2)14-9-10-16-18(14)3/h5-11,17H,4H2,1-3H3. The van der Waals surface area contributed by atoms with Gasteiger partial charge < -0.3 is 10.1 Å². The number of aryl methyl sites for hydroxylation is 1. The highest BCUT2D eigenvalue weighted by atomic mass is 16.5. The van der Waals surface area contributed by atoms with Gasteiger partial charge in [0, 0.05) is 18.9 Å². The number of anilines is 1.